The van der Waals surface area contributed by atoms with E-state index in [4.69, 9.17) is 4.74 Å². The van der Waals surface area contributed by atoms with Gasteiger partial charge < -0.3 is 9.47 Å². The molecule has 1 saturated carbocycles. The molecule has 1 fully saturated rings. The van der Waals surface area contributed by atoms with Crippen molar-refractivity contribution in [2.24, 2.45) is 0 Å². The number of hydrogen-bond acceptors (Lipinski definition) is 4. The van der Waals surface area contributed by atoms with Crippen molar-refractivity contribution in [3.8, 4) is 0 Å². The molecular weight excluding hydrogens is 275 g/mol. The van der Waals surface area contributed by atoms with Crippen LogP contribution in [0.1, 0.15) is 39.5 Å². The summed E-state index contributed by atoms with van der Waals surface area (Å²) in [5.41, 5.74) is -0.848. The van der Waals surface area contributed by atoms with Gasteiger partial charge in [-0.15, -0.1) is 0 Å². The Morgan fingerprint density at radius 1 is 1.35 bits per heavy atom. The predicted octanol–water partition coefficient (Wildman–Crippen LogP) is 2.42. The highest BCUT2D eigenvalue weighted by Crippen LogP contribution is 2.26. The minimum atomic E-state index is -4.31. The van der Waals surface area contributed by atoms with Crippen LogP contribution in [0.5, 0.6) is 0 Å². The van der Waals surface area contributed by atoms with Gasteiger partial charge in [0.1, 0.15) is 12.1 Å². The molecule has 0 spiro atoms. The molecule has 0 saturated heterocycles. The normalized spacial score (nSPS) is 18.6. The number of rotatable bonds is 9. The molecule has 118 valence electrons. The Morgan fingerprint density at radius 3 is 2.50 bits per heavy atom. The van der Waals surface area contributed by atoms with Crippen molar-refractivity contribution in [2.45, 2.75) is 57.3 Å². The minimum absolute atomic E-state index is 0.0269. The highest BCUT2D eigenvalue weighted by Gasteiger charge is 2.39. The quantitative estimate of drug-likeness (QED) is 0.524. The third-order valence-corrected chi connectivity index (χ3v) is 3.06. The molecule has 0 aromatic heterocycles. The lowest BCUT2D eigenvalue weighted by Gasteiger charge is -2.28. The summed E-state index contributed by atoms with van der Waals surface area (Å²) in [7, 11) is 0. The van der Waals surface area contributed by atoms with E-state index in [0.717, 1.165) is 12.8 Å². The first-order chi connectivity index (χ1) is 9.27. The number of nitrogens with one attached hydrogen (secondary N) is 1. The second kappa shape index (κ2) is 7.26. The van der Waals surface area contributed by atoms with E-state index in [1.54, 1.807) is 13.8 Å². The first kappa shape index (κ1) is 17.2. The lowest BCUT2D eigenvalue weighted by atomic mass is 9.95. The van der Waals surface area contributed by atoms with Gasteiger partial charge >= 0.3 is 12.1 Å². The minimum Gasteiger partial charge on any atom is -0.465 e. The van der Waals surface area contributed by atoms with Gasteiger partial charge in [-0.3, -0.25) is 10.1 Å². The maximum Gasteiger partial charge on any atom is 0.411 e. The van der Waals surface area contributed by atoms with Crippen LogP contribution in [0.3, 0.4) is 0 Å². The number of ether oxygens (including phenoxy) is 2. The van der Waals surface area contributed by atoms with Crippen molar-refractivity contribution in [1.82, 2.24) is 5.32 Å². The largest absolute Gasteiger partial charge is 0.465 e. The van der Waals surface area contributed by atoms with E-state index in [2.05, 4.69) is 10.1 Å². The number of esters is 1. The molecule has 20 heavy (non-hydrogen) atoms. The van der Waals surface area contributed by atoms with Crippen molar-refractivity contribution >= 4 is 5.97 Å². The van der Waals surface area contributed by atoms with Gasteiger partial charge in [0.15, 0.2) is 0 Å². The molecule has 1 rings (SSSR count). The number of halogens is 3. The lowest BCUT2D eigenvalue weighted by Crippen LogP contribution is -2.51. The molecule has 0 aromatic rings. The second-order valence-electron chi connectivity index (χ2n) is 5.24. The number of hydrogen-bond donors (Lipinski definition) is 1. The summed E-state index contributed by atoms with van der Waals surface area (Å²) in [6.45, 7) is 2.46. The Balaban J connectivity index is 2.34. The smallest absolute Gasteiger partial charge is 0.411 e. The molecule has 0 amide bonds. The molecule has 1 N–H and O–H groups in total. The summed E-state index contributed by atoms with van der Waals surface area (Å²) in [5, 5.41) is 3.21. The fourth-order valence-electron chi connectivity index (χ4n) is 1.92. The summed E-state index contributed by atoms with van der Waals surface area (Å²) < 4.78 is 45.3. The third-order valence-electron chi connectivity index (χ3n) is 3.06. The van der Waals surface area contributed by atoms with E-state index >= 15 is 0 Å². The summed E-state index contributed by atoms with van der Waals surface area (Å²) in [4.78, 5) is 11.9. The van der Waals surface area contributed by atoms with E-state index < -0.39 is 18.3 Å². The molecule has 7 heteroatoms. The first-order valence-electron chi connectivity index (χ1n) is 6.86. The van der Waals surface area contributed by atoms with Crippen LogP contribution in [-0.2, 0) is 14.3 Å². The molecule has 4 nitrogen and oxygen atoms in total. The zero-order valence-corrected chi connectivity index (χ0v) is 11.9. The van der Waals surface area contributed by atoms with Crippen molar-refractivity contribution in [3.63, 3.8) is 0 Å². The summed E-state index contributed by atoms with van der Waals surface area (Å²) >= 11 is 0. The summed E-state index contributed by atoms with van der Waals surface area (Å²) in [6, 6.07) is 0.306. The Hall–Kier alpha value is -0.820. The molecule has 1 aliphatic rings. The Bertz CT molecular complexity index is 318. The lowest BCUT2D eigenvalue weighted by molar-refractivity contribution is -0.174. The number of alkyl halides is 3. The molecule has 1 atom stereocenters. The van der Waals surface area contributed by atoms with Crippen LogP contribution in [0.4, 0.5) is 13.2 Å². The maximum absolute atomic E-state index is 11.9. The Morgan fingerprint density at radius 2 is 2.00 bits per heavy atom. The van der Waals surface area contributed by atoms with Crippen LogP contribution < -0.4 is 5.32 Å². The zero-order chi connectivity index (χ0) is 15.2. The van der Waals surface area contributed by atoms with Crippen LogP contribution in [0.2, 0.25) is 0 Å². The molecule has 0 aromatic carbocycles. The topological polar surface area (TPSA) is 47.6 Å². The highest BCUT2D eigenvalue weighted by molar-refractivity contribution is 5.80. The fourth-order valence-corrected chi connectivity index (χ4v) is 1.92. The second-order valence-corrected chi connectivity index (χ2v) is 5.24. The maximum atomic E-state index is 11.9. The van der Waals surface area contributed by atoms with Crippen molar-refractivity contribution < 1.29 is 27.4 Å². The monoisotopic (exact) mass is 297 g/mol. The van der Waals surface area contributed by atoms with Gasteiger partial charge in [-0.05, 0) is 39.5 Å². The van der Waals surface area contributed by atoms with Crippen LogP contribution in [0, 0.1) is 0 Å². The zero-order valence-electron chi connectivity index (χ0n) is 11.9. The van der Waals surface area contributed by atoms with E-state index in [1.807, 2.05) is 0 Å². The van der Waals surface area contributed by atoms with Gasteiger partial charge in [-0.1, -0.05) is 0 Å². The van der Waals surface area contributed by atoms with E-state index in [0.29, 0.717) is 18.9 Å². The van der Waals surface area contributed by atoms with Gasteiger partial charge in [-0.25, -0.2) is 0 Å². The Kier molecular flexibility index (Phi) is 6.26. The van der Waals surface area contributed by atoms with E-state index in [9.17, 15) is 18.0 Å². The summed E-state index contributed by atoms with van der Waals surface area (Å²) in [5.74, 6) is -0.359. The first-order valence-corrected chi connectivity index (χ1v) is 6.86. The molecular formula is C13H22F3NO3. The SMILES string of the molecule is CCOC(=O)C(C)(CCCOCC(F)(F)F)NC1CC1. The molecule has 0 aliphatic heterocycles. The average Bonchev–Trinajstić information content (AvgIpc) is 3.11. The third kappa shape index (κ3) is 6.56. The van der Waals surface area contributed by atoms with Crippen LogP contribution >= 0.6 is 0 Å². The van der Waals surface area contributed by atoms with Gasteiger partial charge in [0, 0.05) is 12.6 Å². The number of carbonyl (C=O) groups is 1. The van der Waals surface area contributed by atoms with Gasteiger partial charge in [0.05, 0.1) is 6.61 Å². The molecule has 1 aliphatic carbocycles. The van der Waals surface area contributed by atoms with Crippen LogP contribution in [0.15, 0.2) is 0 Å². The van der Waals surface area contributed by atoms with Crippen molar-refractivity contribution in [2.75, 3.05) is 19.8 Å². The number of carbonyl (C=O) groups excluding carboxylic acids is 1. The Labute approximate surface area is 117 Å². The van der Waals surface area contributed by atoms with E-state index in [-0.39, 0.29) is 19.2 Å². The molecule has 0 bridgehead atoms. The van der Waals surface area contributed by atoms with Crippen LogP contribution in [0.25, 0.3) is 0 Å². The highest BCUT2D eigenvalue weighted by atomic mass is 19.4. The standard InChI is InChI=1S/C13H22F3NO3/c1-3-20-11(18)12(2,17-10-5-6-10)7-4-8-19-9-13(14,15)16/h10,17H,3-9H2,1-2H3. The van der Waals surface area contributed by atoms with Gasteiger partial charge in [0.25, 0.3) is 0 Å². The van der Waals surface area contributed by atoms with Crippen molar-refractivity contribution in [1.29, 1.82) is 0 Å². The summed E-state index contributed by atoms with van der Waals surface area (Å²) in [6.07, 6.45) is -1.53. The molecule has 0 radical (unpaired) electrons. The van der Waals surface area contributed by atoms with Crippen molar-refractivity contribution in [3.05, 3.63) is 0 Å². The van der Waals surface area contributed by atoms with Gasteiger partial charge in [0.2, 0.25) is 0 Å². The molecule has 0 heterocycles. The van der Waals surface area contributed by atoms with Gasteiger partial charge in [-0.2, -0.15) is 13.2 Å². The fraction of sp³-hybridized carbons (Fsp3) is 0.923. The predicted molar refractivity (Wildman–Crippen MR) is 67.3 cm³/mol. The average molecular weight is 297 g/mol. The van der Waals surface area contributed by atoms with E-state index in [1.165, 1.54) is 0 Å². The molecule has 1 unspecified atom stereocenters. The van der Waals surface area contributed by atoms with Crippen LogP contribution in [-0.4, -0.2) is 43.5 Å².